The molecule has 1 heterocycles. The van der Waals surface area contributed by atoms with Gasteiger partial charge in [0, 0.05) is 23.3 Å². The van der Waals surface area contributed by atoms with Crippen LogP contribution in [0.5, 0.6) is 0 Å². The van der Waals surface area contributed by atoms with Gasteiger partial charge in [-0.1, -0.05) is 34.5 Å². The third-order valence-electron chi connectivity index (χ3n) is 4.13. The zero-order chi connectivity index (χ0) is 25.7. The molecular weight excluding hydrogens is 529 g/mol. The number of aromatic nitrogens is 2. The fourth-order valence-electron chi connectivity index (χ4n) is 2.52. The summed E-state index contributed by atoms with van der Waals surface area (Å²) in [7, 11) is 0. The van der Waals surface area contributed by atoms with Crippen LogP contribution >= 0.6 is 34.5 Å². The van der Waals surface area contributed by atoms with E-state index < -0.39 is 27.6 Å². The highest BCUT2D eigenvalue weighted by Gasteiger charge is 2.18. The van der Waals surface area contributed by atoms with Gasteiger partial charge in [-0.25, -0.2) is 0 Å². The Morgan fingerprint density at radius 2 is 1.40 bits per heavy atom. The molecule has 180 valence electrons. The van der Waals surface area contributed by atoms with Gasteiger partial charge >= 0.3 is 0 Å². The van der Waals surface area contributed by atoms with Crippen LogP contribution in [0.15, 0.2) is 36.4 Å². The summed E-state index contributed by atoms with van der Waals surface area (Å²) >= 11 is 12.4. The number of carbonyl (C=O) groups is 3. The average molecular weight is 540 g/mol. The van der Waals surface area contributed by atoms with Gasteiger partial charge in [0.2, 0.25) is 11.0 Å². The summed E-state index contributed by atoms with van der Waals surface area (Å²) in [6, 6.07) is 6.75. The predicted molar refractivity (Wildman–Crippen MR) is 123 cm³/mol. The van der Waals surface area contributed by atoms with Gasteiger partial charge in [-0.05, 0) is 24.3 Å². The Morgan fingerprint density at radius 1 is 0.857 bits per heavy atom. The topological polar surface area (TPSA) is 199 Å². The number of nitro benzene ring substituents is 2. The molecule has 0 saturated carbocycles. The quantitative estimate of drug-likeness (QED) is 0.298. The fraction of sp³-hybridized carbons (Fsp3) is 0.0556. The number of nitrogens with one attached hydrogen (secondary N) is 3. The van der Waals surface area contributed by atoms with E-state index in [2.05, 4.69) is 26.4 Å². The van der Waals surface area contributed by atoms with Crippen molar-refractivity contribution in [3.63, 3.8) is 0 Å². The van der Waals surface area contributed by atoms with E-state index in [1.54, 1.807) is 0 Å². The van der Waals surface area contributed by atoms with Gasteiger partial charge in [0.15, 0.2) is 0 Å². The zero-order valence-corrected chi connectivity index (χ0v) is 19.3. The minimum absolute atomic E-state index is 0.0202. The second-order valence-corrected chi connectivity index (χ2v) is 8.36. The van der Waals surface area contributed by atoms with Crippen LogP contribution in [-0.2, 0) is 11.2 Å². The molecule has 3 amide bonds. The number of carbonyl (C=O) groups excluding carboxylic acids is 3. The Kier molecular flexibility index (Phi) is 7.85. The Morgan fingerprint density at radius 3 is 1.91 bits per heavy atom. The Bertz CT molecular complexity index is 1360. The Hall–Kier alpha value is -4.21. The SMILES string of the molecule is O=C(Cc1nnc(NC(=O)c2ccc([N+](=O)[O-])c(Cl)c2)s1)NNC(=O)c1ccc([N+](=O)[O-])c(Cl)c1. The van der Waals surface area contributed by atoms with E-state index in [9.17, 15) is 34.6 Å². The van der Waals surface area contributed by atoms with Crippen molar-refractivity contribution in [2.75, 3.05) is 5.32 Å². The van der Waals surface area contributed by atoms with Crippen LogP contribution in [0.25, 0.3) is 0 Å². The van der Waals surface area contributed by atoms with E-state index in [0.717, 1.165) is 35.6 Å². The van der Waals surface area contributed by atoms with Gasteiger partial charge in [-0.15, -0.1) is 10.2 Å². The number of hydrogen-bond donors (Lipinski definition) is 3. The molecule has 14 nitrogen and oxygen atoms in total. The van der Waals surface area contributed by atoms with Crippen molar-refractivity contribution in [1.29, 1.82) is 0 Å². The minimum Gasteiger partial charge on any atom is -0.296 e. The highest BCUT2D eigenvalue weighted by atomic mass is 35.5. The van der Waals surface area contributed by atoms with Crippen LogP contribution in [0.3, 0.4) is 0 Å². The zero-order valence-electron chi connectivity index (χ0n) is 17.0. The number of rotatable bonds is 7. The van der Waals surface area contributed by atoms with Gasteiger partial charge in [0.25, 0.3) is 23.2 Å². The summed E-state index contributed by atoms with van der Waals surface area (Å²) < 4.78 is 0. The summed E-state index contributed by atoms with van der Waals surface area (Å²) in [4.78, 5) is 56.7. The lowest BCUT2D eigenvalue weighted by atomic mass is 10.2. The van der Waals surface area contributed by atoms with Gasteiger partial charge in [-0.3, -0.25) is 50.8 Å². The van der Waals surface area contributed by atoms with Crippen LogP contribution in [-0.4, -0.2) is 37.8 Å². The molecule has 1 aromatic heterocycles. The summed E-state index contributed by atoms with van der Waals surface area (Å²) in [6.07, 6.45) is -0.293. The largest absolute Gasteiger partial charge is 0.296 e. The van der Waals surface area contributed by atoms with Crippen molar-refractivity contribution < 1.29 is 24.2 Å². The van der Waals surface area contributed by atoms with Crippen LogP contribution in [0, 0.1) is 20.2 Å². The number of nitrogens with zero attached hydrogens (tertiary/aromatic N) is 4. The molecule has 0 saturated heterocycles. The summed E-state index contributed by atoms with van der Waals surface area (Å²) in [6.45, 7) is 0. The van der Waals surface area contributed by atoms with E-state index >= 15 is 0 Å². The first-order valence-corrected chi connectivity index (χ1v) is 10.7. The summed E-state index contributed by atoms with van der Waals surface area (Å²) in [5, 5.41) is 31.3. The molecule has 0 aliphatic heterocycles. The fourth-order valence-corrected chi connectivity index (χ4v) is 3.75. The third kappa shape index (κ3) is 6.44. The molecule has 0 spiro atoms. The second kappa shape index (κ2) is 10.8. The lowest BCUT2D eigenvalue weighted by molar-refractivity contribution is -0.384. The monoisotopic (exact) mass is 539 g/mol. The molecular formula is C18H11Cl2N7O7S. The van der Waals surface area contributed by atoms with Crippen LogP contribution in [0.1, 0.15) is 25.7 Å². The molecule has 3 aromatic rings. The van der Waals surface area contributed by atoms with Crippen molar-refractivity contribution in [3.05, 3.63) is 82.8 Å². The molecule has 2 aromatic carbocycles. The number of hydrazine groups is 1. The van der Waals surface area contributed by atoms with Gasteiger partial charge < -0.3 is 0 Å². The van der Waals surface area contributed by atoms with Crippen molar-refractivity contribution in [3.8, 4) is 0 Å². The Labute approximate surface area is 208 Å². The molecule has 17 heteroatoms. The van der Waals surface area contributed by atoms with Crippen molar-refractivity contribution >= 4 is 68.8 Å². The number of benzene rings is 2. The van der Waals surface area contributed by atoms with Crippen LogP contribution in [0.4, 0.5) is 16.5 Å². The number of hydrogen-bond acceptors (Lipinski definition) is 10. The predicted octanol–water partition coefficient (Wildman–Crippen LogP) is 2.92. The van der Waals surface area contributed by atoms with E-state index in [0.29, 0.717) is 0 Å². The first-order valence-electron chi connectivity index (χ1n) is 9.16. The first-order chi connectivity index (χ1) is 16.5. The van der Waals surface area contributed by atoms with Crippen molar-refractivity contribution in [1.82, 2.24) is 21.0 Å². The lowest BCUT2D eigenvalue weighted by Crippen LogP contribution is -2.42. The van der Waals surface area contributed by atoms with Gasteiger partial charge in [0.1, 0.15) is 15.1 Å². The molecule has 0 atom stereocenters. The van der Waals surface area contributed by atoms with Crippen LogP contribution in [0.2, 0.25) is 10.0 Å². The standard InChI is InChI=1S/C18H11Cl2N7O7S/c19-10-5-8(1-3-12(10)26(31)32)16(29)21-18-25-23-15(35-18)7-14(28)22-24-17(30)9-2-4-13(27(33)34)11(20)6-9/h1-6H,7H2,(H,22,28)(H,24,30)(H,21,25,29). The molecule has 35 heavy (non-hydrogen) atoms. The second-order valence-electron chi connectivity index (χ2n) is 6.48. The smallest absolute Gasteiger partial charge is 0.287 e. The molecule has 0 unspecified atom stereocenters. The van der Waals surface area contributed by atoms with E-state index in [1.165, 1.54) is 12.1 Å². The van der Waals surface area contributed by atoms with Gasteiger partial charge in [0.05, 0.1) is 16.3 Å². The summed E-state index contributed by atoms with van der Waals surface area (Å²) in [5.74, 6) is -2.08. The number of halogens is 2. The first kappa shape index (κ1) is 25.4. The molecule has 0 radical (unpaired) electrons. The van der Waals surface area contributed by atoms with Crippen LogP contribution < -0.4 is 16.2 Å². The molecule has 0 aliphatic carbocycles. The molecule has 0 bridgehead atoms. The van der Waals surface area contributed by atoms with Crippen molar-refractivity contribution in [2.45, 2.75) is 6.42 Å². The van der Waals surface area contributed by atoms with E-state index in [4.69, 9.17) is 23.2 Å². The number of amides is 3. The minimum atomic E-state index is -0.762. The average Bonchev–Trinajstić information content (AvgIpc) is 3.23. The summed E-state index contributed by atoms with van der Waals surface area (Å²) in [5.41, 5.74) is 3.58. The molecule has 0 fully saturated rings. The number of anilines is 1. The van der Waals surface area contributed by atoms with Gasteiger partial charge in [-0.2, -0.15) is 0 Å². The molecule has 0 aliphatic rings. The van der Waals surface area contributed by atoms with Crippen molar-refractivity contribution in [2.24, 2.45) is 0 Å². The lowest BCUT2D eigenvalue weighted by Gasteiger charge is -2.06. The Balaban J connectivity index is 1.53. The maximum atomic E-state index is 12.3. The molecule has 3 rings (SSSR count). The third-order valence-corrected chi connectivity index (χ3v) is 5.57. The molecule has 3 N–H and O–H groups in total. The number of nitro groups is 2. The highest BCUT2D eigenvalue weighted by Crippen LogP contribution is 2.26. The highest BCUT2D eigenvalue weighted by molar-refractivity contribution is 7.15. The maximum Gasteiger partial charge on any atom is 0.287 e. The maximum absolute atomic E-state index is 12.3. The normalized spacial score (nSPS) is 10.3. The van der Waals surface area contributed by atoms with E-state index in [-0.39, 0.29) is 49.1 Å². The van der Waals surface area contributed by atoms with E-state index in [1.807, 2.05) is 0 Å².